The molecule has 24 valence electrons. The third-order valence-electron chi connectivity index (χ3n) is 0. The summed E-state index contributed by atoms with van der Waals surface area (Å²) in [6.45, 7) is 0. The Morgan fingerprint density at radius 2 is 0.750 bits per heavy atom. The second kappa shape index (κ2) is 17.8. The monoisotopic (exact) mass is 212 g/mol. The third-order valence-corrected chi connectivity index (χ3v) is 0. The largest absolute Gasteiger partial charge is 2.00 e. The van der Waals surface area contributed by atoms with Crippen molar-refractivity contribution in [2.75, 3.05) is 0 Å². The molecule has 0 nitrogen and oxygen atoms in total. The molecule has 4 heteroatoms. The number of halogens is 2. The van der Waals surface area contributed by atoms with Gasteiger partial charge in [-0.25, -0.2) is 0 Å². The van der Waals surface area contributed by atoms with Gasteiger partial charge < -0.3 is 5.71 Å². The fourth-order valence-corrected chi connectivity index (χ4v) is 0. The molecule has 0 amide bonds. The first-order chi connectivity index (χ1) is 0. The molecule has 0 N–H and O–H groups in total. The second-order valence-electron chi connectivity index (χ2n) is 0. The summed E-state index contributed by atoms with van der Waals surface area (Å²) < 4.78 is 0. The Bertz CT molecular complexity index is 12.0. The van der Waals surface area contributed by atoms with E-state index >= 15 is 0 Å². The van der Waals surface area contributed by atoms with Gasteiger partial charge in [0.25, 0.3) is 0 Å². The Kier molecular flexibility index (Phi) is 141. The quantitative estimate of drug-likeness (QED) is 0.525. The Balaban J connectivity index is 0. The van der Waals surface area contributed by atoms with Gasteiger partial charge in [0.2, 0.25) is 0 Å². The van der Waals surface area contributed by atoms with Crippen LogP contribution >= 0.6 is 34.0 Å². The van der Waals surface area contributed by atoms with Crippen LogP contribution in [0.3, 0.4) is 0 Å². The van der Waals surface area contributed by atoms with E-state index in [0.717, 1.165) is 0 Å². The Morgan fingerprint density at radius 3 is 0.750 bits per heavy atom. The van der Waals surface area contributed by atoms with Crippen molar-refractivity contribution in [1.29, 1.82) is 0 Å². The van der Waals surface area contributed by atoms with E-state index in [2.05, 4.69) is 0 Å². The zero-order valence-electron chi connectivity index (χ0n) is 6.23. The fraction of sp³-hybridized carbons (Fsp3) is 0. The van der Waals surface area contributed by atoms with Crippen molar-refractivity contribution in [2.24, 2.45) is 0 Å². The van der Waals surface area contributed by atoms with Crippen LogP contribution in [0.5, 0.6) is 0 Å². The van der Waals surface area contributed by atoms with Crippen LogP contribution in [0.1, 0.15) is 5.71 Å². The average molecular weight is 214 g/mol. The van der Waals surface area contributed by atoms with Gasteiger partial charge in [-0.3, -0.25) is 0 Å². The molecule has 0 aliphatic rings. The van der Waals surface area contributed by atoms with Crippen molar-refractivity contribution in [1.82, 2.24) is 0 Å². The van der Waals surface area contributed by atoms with E-state index in [0.29, 0.717) is 0 Å². The summed E-state index contributed by atoms with van der Waals surface area (Å²) in [5.41, 5.74) is 0. The topological polar surface area (TPSA) is 0 Å². The Hall–Kier alpha value is 2.49. The normalized spacial score (nSPS) is 0. The smallest absolute Gasteiger partial charge is 1.00 e. The SMILES string of the molecule is Br.Br.[H-].[H-].[H-].[H-].[Mg+2].[Mg+2]. The molecular formula is H6Br2Mg2. The molecule has 0 aromatic rings. The Morgan fingerprint density at radius 1 is 0.750 bits per heavy atom. The first kappa shape index (κ1) is 31.5. The molecule has 0 bridgehead atoms. The average Bonchev–Trinajstić information content (AvgIpc) is 0. The van der Waals surface area contributed by atoms with Crippen LogP contribution in [0, 0.1) is 0 Å². The van der Waals surface area contributed by atoms with Crippen molar-refractivity contribution < 1.29 is 5.71 Å². The summed E-state index contributed by atoms with van der Waals surface area (Å²) in [6.07, 6.45) is 0. The maximum absolute atomic E-state index is 0. The molecule has 0 rings (SSSR count). The maximum Gasteiger partial charge on any atom is 2.00 e. The molecule has 0 unspecified atom stereocenters. The van der Waals surface area contributed by atoms with E-state index in [9.17, 15) is 0 Å². The predicted octanol–water partition coefficient (Wildman–Crippen LogP) is 0.844. The molecule has 0 atom stereocenters. The number of rotatable bonds is 0. The molecule has 0 radical (unpaired) electrons. The van der Waals surface area contributed by atoms with Gasteiger partial charge in [0.05, 0.1) is 0 Å². The van der Waals surface area contributed by atoms with E-state index in [1.807, 2.05) is 0 Å². The van der Waals surface area contributed by atoms with Crippen molar-refractivity contribution >= 4 is 80.1 Å². The predicted molar refractivity (Wildman–Crippen MR) is 36.6 cm³/mol. The van der Waals surface area contributed by atoms with Gasteiger partial charge >= 0.3 is 46.1 Å². The van der Waals surface area contributed by atoms with Gasteiger partial charge in [-0.1, -0.05) is 0 Å². The molecule has 0 fully saturated rings. The minimum atomic E-state index is 0. The molecule has 0 aromatic heterocycles. The zero-order valence-corrected chi connectivity index (χ0v) is 8.49. The van der Waals surface area contributed by atoms with Crippen LogP contribution in [-0.2, 0) is 0 Å². The minimum absolute atomic E-state index is 0. The summed E-state index contributed by atoms with van der Waals surface area (Å²) in [5.74, 6) is 0. The van der Waals surface area contributed by atoms with Gasteiger partial charge in [0.1, 0.15) is 0 Å². The second-order valence-corrected chi connectivity index (χ2v) is 0. The van der Waals surface area contributed by atoms with Crippen molar-refractivity contribution in [2.45, 2.75) is 0 Å². The first-order valence-electron chi connectivity index (χ1n) is 0. The van der Waals surface area contributed by atoms with Gasteiger partial charge in [-0.15, -0.1) is 34.0 Å². The van der Waals surface area contributed by atoms with Gasteiger partial charge in [-0.2, -0.15) is 0 Å². The molecule has 0 aliphatic carbocycles. The van der Waals surface area contributed by atoms with E-state index in [4.69, 9.17) is 0 Å². The molecule has 0 aromatic carbocycles. The minimum Gasteiger partial charge on any atom is -1.00 e. The van der Waals surface area contributed by atoms with Crippen molar-refractivity contribution in [3.8, 4) is 0 Å². The molecule has 0 spiro atoms. The van der Waals surface area contributed by atoms with Crippen LogP contribution in [0.15, 0.2) is 0 Å². The molecule has 4 heavy (non-hydrogen) atoms. The summed E-state index contributed by atoms with van der Waals surface area (Å²) in [6, 6.07) is 0. The first-order valence-corrected chi connectivity index (χ1v) is 0. The van der Waals surface area contributed by atoms with Crippen LogP contribution in [0.4, 0.5) is 0 Å². The van der Waals surface area contributed by atoms with E-state index in [1.165, 1.54) is 0 Å². The van der Waals surface area contributed by atoms with Crippen LogP contribution in [0.2, 0.25) is 0 Å². The van der Waals surface area contributed by atoms with Gasteiger partial charge in [0, 0.05) is 0 Å². The van der Waals surface area contributed by atoms with Crippen LogP contribution < -0.4 is 0 Å². The number of hydrogen-bond acceptors (Lipinski definition) is 0. The van der Waals surface area contributed by atoms with Gasteiger partial charge in [-0.05, 0) is 0 Å². The maximum atomic E-state index is 0. The summed E-state index contributed by atoms with van der Waals surface area (Å²) in [4.78, 5) is 0. The van der Waals surface area contributed by atoms with Crippen LogP contribution in [0.25, 0.3) is 0 Å². The van der Waals surface area contributed by atoms with Crippen molar-refractivity contribution in [3.63, 3.8) is 0 Å². The molecule has 0 heterocycles. The fourth-order valence-electron chi connectivity index (χ4n) is 0. The van der Waals surface area contributed by atoms with Crippen LogP contribution in [-0.4, -0.2) is 46.1 Å². The molecule has 0 aliphatic heterocycles. The third kappa shape index (κ3) is 8.82. The summed E-state index contributed by atoms with van der Waals surface area (Å²) in [7, 11) is 0. The summed E-state index contributed by atoms with van der Waals surface area (Å²) >= 11 is 0. The summed E-state index contributed by atoms with van der Waals surface area (Å²) in [5, 5.41) is 0. The van der Waals surface area contributed by atoms with Crippen molar-refractivity contribution in [3.05, 3.63) is 0 Å². The molecular weight excluding hydrogens is 208 g/mol. The Labute approximate surface area is 84.9 Å². The standard InChI is InChI=1S/2BrH.2Mg.4H/h2*1H;;;;;;/q;;2*+2;4*-1. The van der Waals surface area contributed by atoms with E-state index < -0.39 is 0 Å². The number of hydrogen-bond donors (Lipinski definition) is 0. The zero-order chi connectivity index (χ0) is 0. The molecule has 0 saturated carbocycles. The van der Waals surface area contributed by atoms with E-state index in [-0.39, 0.29) is 85.8 Å². The van der Waals surface area contributed by atoms with E-state index in [1.54, 1.807) is 0 Å². The van der Waals surface area contributed by atoms with Gasteiger partial charge in [0.15, 0.2) is 0 Å². The molecule has 0 saturated heterocycles.